The van der Waals surface area contributed by atoms with E-state index in [1.807, 2.05) is 51.1 Å². The predicted molar refractivity (Wildman–Crippen MR) is 66.3 cm³/mol. The minimum atomic E-state index is -0.781. The summed E-state index contributed by atoms with van der Waals surface area (Å²) >= 11 is 0. The van der Waals surface area contributed by atoms with Crippen LogP contribution in [0.4, 0.5) is 0 Å². The summed E-state index contributed by atoms with van der Waals surface area (Å²) in [5, 5.41) is 10.4. The summed E-state index contributed by atoms with van der Waals surface area (Å²) in [6.07, 6.45) is 1.52. The monoisotopic (exact) mass is 222 g/mol. The highest BCUT2D eigenvalue weighted by Crippen LogP contribution is 2.29. The van der Waals surface area contributed by atoms with Crippen LogP contribution in [0, 0.1) is 0 Å². The van der Waals surface area contributed by atoms with Gasteiger partial charge in [0.25, 0.3) is 0 Å². The van der Waals surface area contributed by atoms with Crippen molar-refractivity contribution in [2.75, 3.05) is 7.11 Å². The third kappa shape index (κ3) is 3.62. The van der Waals surface area contributed by atoms with E-state index < -0.39 is 5.60 Å². The molecule has 0 radical (unpaired) electrons. The average molecular weight is 222 g/mol. The first-order valence-electron chi connectivity index (χ1n) is 5.70. The Hall–Kier alpha value is -0.860. The van der Waals surface area contributed by atoms with Crippen LogP contribution in [0.2, 0.25) is 0 Å². The second-order valence-electron chi connectivity index (χ2n) is 5.10. The number of benzene rings is 1. The number of rotatable bonds is 5. The Morgan fingerprint density at radius 2 is 1.62 bits per heavy atom. The van der Waals surface area contributed by atoms with E-state index in [1.54, 1.807) is 7.11 Å². The molecule has 0 saturated heterocycles. The second-order valence-corrected chi connectivity index (χ2v) is 5.10. The third-order valence-corrected chi connectivity index (χ3v) is 3.16. The van der Waals surface area contributed by atoms with E-state index in [4.69, 9.17) is 4.74 Å². The summed E-state index contributed by atoms with van der Waals surface area (Å²) in [5.74, 6) is 0. The lowest BCUT2D eigenvalue weighted by Gasteiger charge is -2.29. The zero-order chi connectivity index (χ0) is 12.2. The summed E-state index contributed by atoms with van der Waals surface area (Å²) in [4.78, 5) is 0. The van der Waals surface area contributed by atoms with Gasteiger partial charge in [0, 0.05) is 7.11 Å². The summed E-state index contributed by atoms with van der Waals surface area (Å²) < 4.78 is 5.36. The van der Waals surface area contributed by atoms with E-state index in [9.17, 15) is 5.11 Å². The number of hydrogen-bond acceptors (Lipinski definition) is 2. The molecule has 1 unspecified atom stereocenters. The maximum Gasteiger partial charge on any atom is 0.0869 e. The fourth-order valence-electron chi connectivity index (χ4n) is 1.59. The van der Waals surface area contributed by atoms with Crippen LogP contribution >= 0.6 is 0 Å². The Labute approximate surface area is 98.3 Å². The lowest BCUT2D eigenvalue weighted by atomic mass is 9.87. The van der Waals surface area contributed by atoms with E-state index in [-0.39, 0.29) is 5.60 Å². The van der Waals surface area contributed by atoms with Gasteiger partial charge in [-0.1, -0.05) is 30.3 Å². The fraction of sp³-hybridized carbons (Fsp3) is 0.571. The summed E-state index contributed by atoms with van der Waals surface area (Å²) in [7, 11) is 1.71. The lowest BCUT2D eigenvalue weighted by molar-refractivity contribution is -0.0211. The molecule has 0 spiro atoms. The van der Waals surface area contributed by atoms with Crippen molar-refractivity contribution in [3.8, 4) is 0 Å². The van der Waals surface area contributed by atoms with Crippen molar-refractivity contribution in [1.29, 1.82) is 0 Å². The fourth-order valence-corrected chi connectivity index (χ4v) is 1.59. The minimum absolute atomic E-state index is 0.182. The van der Waals surface area contributed by atoms with Gasteiger partial charge in [0.15, 0.2) is 0 Å². The minimum Gasteiger partial charge on any atom is -0.385 e. The Morgan fingerprint density at radius 3 is 2.12 bits per heavy atom. The molecule has 2 nitrogen and oxygen atoms in total. The van der Waals surface area contributed by atoms with Gasteiger partial charge in [0.05, 0.1) is 11.2 Å². The van der Waals surface area contributed by atoms with Gasteiger partial charge < -0.3 is 9.84 Å². The quantitative estimate of drug-likeness (QED) is 0.829. The van der Waals surface area contributed by atoms with E-state index in [1.165, 1.54) is 0 Å². The highest BCUT2D eigenvalue weighted by molar-refractivity contribution is 5.21. The zero-order valence-electron chi connectivity index (χ0n) is 10.7. The smallest absolute Gasteiger partial charge is 0.0869 e. The summed E-state index contributed by atoms with van der Waals surface area (Å²) in [6, 6.07) is 9.77. The van der Waals surface area contributed by atoms with E-state index >= 15 is 0 Å². The largest absolute Gasteiger partial charge is 0.385 e. The van der Waals surface area contributed by atoms with E-state index in [2.05, 4.69) is 0 Å². The molecule has 0 aliphatic heterocycles. The van der Waals surface area contributed by atoms with Crippen LogP contribution < -0.4 is 0 Å². The van der Waals surface area contributed by atoms with Crippen molar-refractivity contribution in [3.63, 3.8) is 0 Å². The van der Waals surface area contributed by atoms with Crippen LogP contribution in [0.5, 0.6) is 0 Å². The molecule has 0 aromatic heterocycles. The molecule has 0 saturated carbocycles. The van der Waals surface area contributed by atoms with Crippen LogP contribution in [0.15, 0.2) is 30.3 Å². The van der Waals surface area contributed by atoms with Crippen molar-refractivity contribution in [3.05, 3.63) is 35.9 Å². The topological polar surface area (TPSA) is 29.5 Å². The van der Waals surface area contributed by atoms with Gasteiger partial charge in [-0.25, -0.2) is 0 Å². The van der Waals surface area contributed by atoms with Crippen LogP contribution in [-0.2, 0) is 10.3 Å². The summed E-state index contributed by atoms with van der Waals surface area (Å²) in [5.41, 5.74) is -0.00237. The number of aliphatic hydroxyl groups is 1. The van der Waals surface area contributed by atoms with Crippen molar-refractivity contribution in [2.24, 2.45) is 0 Å². The molecular weight excluding hydrogens is 200 g/mol. The zero-order valence-corrected chi connectivity index (χ0v) is 10.7. The third-order valence-electron chi connectivity index (χ3n) is 3.16. The van der Waals surface area contributed by atoms with Crippen molar-refractivity contribution >= 4 is 0 Å². The maximum absolute atomic E-state index is 10.4. The number of hydrogen-bond donors (Lipinski definition) is 1. The molecule has 16 heavy (non-hydrogen) atoms. The summed E-state index contributed by atoms with van der Waals surface area (Å²) in [6.45, 7) is 5.93. The molecule has 0 bridgehead atoms. The van der Waals surface area contributed by atoms with Crippen molar-refractivity contribution in [1.82, 2.24) is 0 Å². The molecule has 0 aliphatic rings. The van der Waals surface area contributed by atoms with Gasteiger partial charge in [-0.2, -0.15) is 0 Å². The molecule has 2 heteroatoms. The first kappa shape index (κ1) is 13.2. The lowest BCUT2D eigenvalue weighted by Crippen LogP contribution is -2.28. The van der Waals surface area contributed by atoms with Gasteiger partial charge in [-0.3, -0.25) is 0 Å². The molecule has 0 heterocycles. The molecule has 0 amide bonds. The molecule has 1 N–H and O–H groups in total. The highest BCUT2D eigenvalue weighted by atomic mass is 16.5. The first-order chi connectivity index (χ1) is 7.37. The van der Waals surface area contributed by atoms with Gasteiger partial charge in [0.2, 0.25) is 0 Å². The molecule has 0 aliphatic carbocycles. The predicted octanol–water partition coefficient (Wildman–Crippen LogP) is 3.10. The highest BCUT2D eigenvalue weighted by Gasteiger charge is 2.27. The Balaban J connectivity index is 2.66. The molecule has 1 rings (SSSR count). The molecule has 0 fully saturated rings. The Morgan fingerprint density at radius 1 is 1.06 bits per heavy atom. The van der Waals surface area contributed by atoms with Crippen LogP contribution in [-0.4, -0.2) is 17.8 Å². The van der Waals surface area contributed by atoms with Gasteiger partial charge in [-0.15, -0.1) is 0 Å². The second kappa shape index (κ2) is 4.98. The van der Waals surface area contributed by atoms with Crippen molar-refractivity contribution in [2.45, 2.75) is 44.8 Å². The SMILES string of the molecule is COC(C)(C)CCC(C)(O)c1ccccc1. The van der Waals surface area contributed by atoms with Gasteiger partial charge >= 0.3 is 0 Å². The first-order valence-corrected chi connectivity index (χ1v) is 5.70. The molecule has 1 atom stereocenters. The van der Waals surface area contributed by atoms with Crippen LogP contribution in [0.25, 0.3) is 0 Å². The Kier molecular flexibility index (Phi) is 4.11. The molecule has 1 aromatic carbocycles. The maximum atomic E-state index is 10.4. The average Bonchev–Trinajstić information content (AvgIpc) is 2.28. The van der Waals surface area contributed by atoms with Crippen LogP contribution in [0.1, 0.15) is 39.2 Å². The standard InChI is InChI=1S/C14H22O2/c1-13(2,16-4)10-11-14(3,15)12-8-6-5-7-9-12/h5-9,15H,10-11H2,1-4H3. The number of ether oxygens (including phenoxy) is 1. The Bertz CT molecular complexity index is 315. The van der Waals surface area contributed by atoms with E-state index in [0.29, 0.717) is 6.42 Å². The van der Waals surface area contributed by atoms with Crippen molar-refractivity contribution < 1.29 is 9.84 Å². The van der Waals surface area contributed by atoms with E-state index in [0.717, 1.165) is 12.0 Å². The molecular formula is C14H22O2. The van der Waals surface area contributed by atoms with Gasteiger partial charge in [0.1, 0.15) is 0 Å². The molecule has 1 aromatic rings. The normalized spacial score (nSPS) is 15.8. The van der Waals surface area contributed by atoms with Crippen LogP contribution in [0.3, 0.4) is 0 Å². The number of methoxy groups -OCH3 is 1. The van der Waals surface area contributed by atoms with Gasteiger partial charge in [-0.05, 0) is 39.2 Å². The molecule has 90 valence electrons.